The summed E-state index contributed by atoms with van der Waals surface area (Å²) in [6, 6.07) is 5.93. The molecule has 2 rings (SSSR count). The van der Waals surface area contributed by atoms with E-state index in [1.54, 1.807) is 17.5 Å². The van der Waals surface area contributed by atoms with Gasteiger partial charge < -0.3 is 5.32 Å². The highest BCUT2D eigenvalue weighted by molar-refractivity contribution is 7.09. The molecule has 0 radical (unpaired) electrons. The first-order valence-electron chi connectivity index (χ1n) is 6.42. The fourth-order valence-corrected chi connectivity index (χ4v) is 2.44. The Bertz CT molecular complexity index is 529. The summed E-state index contributed by atoms with van der Waals surface area (Å²) >= 11 is 1.64. The zero-order chi connectivity index (χ0) is 14.4. The molecule has 20 heavy (non-hydrogen) atoms. The molecule has 1 atom stereocenters. The van der Waals surface area contributed by atoms with E-state index in [2.05, 4.69) is 15.3 Å². The van der Waals surface area contributed by atoms with Crippen LogP contribution in [0.5, 0.6) is 0 Å². The molecule has 1 amide bonds. The summed E-state index contributed by atoms with van der Waals surface area (Å²) in [5.74, 6) is 0.0156. The second kappa shape index (κ2) is 7.12. The molecule has 5 nitrogen and oxygen atoms in total. The minimum absolute atomic E-state index is 0.0156. The maximum Gasteiger partial charge on any atom is 0.234 e. The van der Waals surface area contributed by atoms with Crippen LogP contribution in [0, 0.1) is 0 Å². The molecule has 0 bridgehead atoms. The van der Waals surface area contributed by atoms with Gasteiger partial charge >= 0.3 is 0 Å². The molecule has 6 heteroatoms. The van der Waals surface area contributed by atoms with E-state index in [1.807, 2.05) is 42.5 Å². The number of likely N-dealkylation sites (N-methyl/N-ethyl adjacent to an activating group) is 1. The molecule has 0 saturated carbocycles. The van der Waals surface area contributed by atoms with E-state index in [9.17, 15) is 4.79 Å². The van der Waals surface area contributed by atoms with Crippen LogP contribution in [0.3, 0.4) is 0 Å². The maximum atomic E-state index is 11.9. The molecular formula is C14H18N4OS. The summed E-state index contributed by atoms with van der Waals surface area (Å²) in [7, 11) is 1.91. The Morgan fingerprint density at radius 2 is 2.35 bits per heavy atom. The number of rotatable bonds is 6. The second-order valence-corrected chi connectivity index (χ2v) is 5.61. The quantitative estimate of drug-likeness (QED) is 0.882. The minimum Gasteiger partial charge on any atom is -0.350 e. The second-order valence-electron chi connectivity index (χ2n) is 4.58. The smallest absolute Gasteiger partial charge is 0.234 e. The molecule has 0 spiro atoms. The fraction of sp³-hybridized carbons (Fsp3) is 0.357. The standard InChI is InChI=1S/C14H18N4OS/c1-11(13-5-6-15-10-17-13)18(2)9-14(19)16-8-12-4-3-7-20-12/h3-7,10-11H,8-9H2,1-2H3,(H,16,19). The third-order valence-corrected chi connectivity index (χ3v) is 4.00. The molecule has 1 unspecified atom stereocenters. The summed E-state index contributed by atoms with van der Waals surface area (Å²) in [5, 5.41) is 4.92. The lowest BCUT2D eigenvalue weighted by molar-refractivity contribution is -0.122. The van der Waals surface area contributed by atoms with Gasteiger partial charge in [-0.15, -0.1) is 11.3 Å². The van der Waals surface area contributed by atoms with Gasteiger partial charge in [0.25, 0.3) is 0 Å². The zero-order valence-corrected chi connectivity index (χ0v) is 12.4. The van der Waals surface area contributed by atoms with Crippen molar-refractivity contribution in [1.82, 2.24) is 20.2 Å². The summed E-state index contributed by atoms with van der Waals surface area (Å²) in [5.41, 5.74) is 0.911. The van der Waals surface area contributed by atoms with Crippen molar-refractivity contribution in [2.24, 2.45) is 0 Å². The average molecular weight is 290 g/mol. The molecule has 0 aromatic carbocycles. The number of hydrogen-bond acceptors (Lipinski definition) is 5. The van der Waals surface area contributed by atoms with Crippen LogP contribution in [0.1, 0.15) is 23.5 Å². The maximum absolute atomic E-state index is 11.9. The van der Waals surface area contributed by atoms with Crippen LogP contribution in [0.25, 0.3) is 0 Å². The molecule has 2 aromatic heterocycles. The molecule has 1 N–H and O–H groups in total. The number of nitrogens with zero attached hydrogens (tertiary/aromatic N) is 3. The van der Waals surface area contributed by atoms with Gasteiger partial charge in [-0.2, -0.15) is 0 Å². The number of carbonyl (C=O) groups excluding carboxylic acids is 1. The monoisotopic (exact) mass is 290 g/mol. The summed E-state index contributed by atoms with van der Waals surface area (Å²) in [4.78, 5) is 23.1. The Hall–Kier alpha value is -1.79. The Labute approximate surface area is 122 Å². The average Bonchev–Trinajstić information content (AvgIpc) is 2.98. The Kier molecular flexibility index (Phi) is 5.20. The number of nitrogens with one attached hydrogen (secondary N) is 1. The van der Waals surface area contributed by atoms with E-state index < -0.39 is 0 Å². The predicted octanol–water partition coefficient (Wildman–Crippen LogP) is 1.85. The third-order valence-electron chi connectivity index (χ3n) is 3.13. The zero-order valence-electron chi connectivity index (χ0n) is 11.6. The lowest BCUT2D eigenvalue weighted by Gasteiger charge is -2.23. The Balaban J connectivity index is 1.81. The van der Waals surface area contributed by atoms with Gasteiger partial charge in [-0.05, 0) is 31.5 Å². The Morgan fingerprint density at radius 3 is 3.00 bits per heavy atom. The molecule has 0 aliphatic carbocycles. The molecule has 0 fully saturated rings. The largest absolute Gasteiger partial charge is 0.350 e. The first kappa shape index (κ1) is 14.6. The molecular weight excluding hydrogens is 272 g/mol. The van der Waals surface area contributed by atoms with E-state index in [-0.39, 0.29) is 11.9 Å². The number of amides is 1. The fourth-order valence-electron chi connectivity index (χ4n) is 1.79. The topological polar surface area (TPSA) is 58.1 Å². The van der Waals surface area contributed by atoms with Crippen molar-refractivity contribution < 1.29 is 4.79 Å². The molecule has 106 valence electrons. The van der Waals surface area contributed by atoms with Crippen LogP contribution in [0.4, 0.5) is 0 Å². The molecule has 0 aliphatic rings. The van der Waals surface area contributed by atoms with Gasteiger partial charge in [0.1, 0.15) is 6.33 Å². The van der Waals surface area contributed by atoms with Crippen molar-refractivity contribution >= 4 is 17.2 Å². The third kappa shape index (κ3) is 4.11. The number of carbonyl (C=O) groups is 1. The van der Waals surface area contributed by atoms with Crippen molar-refractivity contribution in [3.8, 4) is 0 Å². The summed E-state index contributed by atoms with van der Waals surface area (Å²) in [6.45, 7) is 2.96. The van der Waals surface area contributed by atoms with Gasteiger partial charge in [0, 0.05) is 17.1 Å². The van der Waals surface area contributed by atoms with E-state index in [0.717, 1.165) is 10.6 Å². The van der Waals surface area contributed by atoms with Crippen LogP contribution in [0.2, 0.25) is 0 Å². The van der Waals surface area contributed by atoms with Crippen LogP contribution >= 0.6 is 11.3 Å². The predicted molar refractivity (Wildman–Crippen MR) is 79.2 cm³/mol. The summed E-state index contributed by atoms with van der Waals surface area (Å²) < 4.78 is 0. The molecule has 2 aromatic rings. The highest BCUT2D eigenvalue weighted by Gasteiger charge is 2.15. The van der Waals surface area contributed by atoms with Crippen LogP contribution in [0.15, 0.2) is 36.1 Å². The van der Waals surface area contributed by atoms with Gasteiger partial charge in [0.05, 0.1) is 18.8 Å². The highest BCUT2D eigenvalue weighted by atomic mass is 32.1. The van der Waals surface area contributed by atoms with E-state index in [0.29, 0.717) is 13.1 Å². The number of hydrogen-bond donors (Lipinski definition) is 1. The first-order chi connectivity index (χ1) is 9.66. The van der Waals surface area contributed by atoms with E-state index >= 15 is 0 Å². The van der Waals surface area contributed by atoms with Crippen LogP contribution in [-0.4, -0.2) is 34.4 Å². The SMILES string of the molecule is CC(c1ccncn1)N(C)CC(=O)NCc1cccs1. The first-order valence-corrected chi connectivity index (χ1v) is 7.30. The Morgan fingerprint density at radius 1 is 1.50 bits per heavy atom. The lowest BCUT2D eigenvalue weighted by atomic mass is 10.2. The van der Waals surface area contributed by atoms with Crippen molar-refractivity contribution in [3.63, 3.8) is 0 Å². The van der Waals surface area contributed by atoms with E-state index in [4.69, 9.17) is 0 Å². The van der Waals surface area contributed by atoms with Gasteiger partial charge in [0.15, 0.2) is 0 Å². The number of aromatic nitrogens is 2. The molecule has 0 aliphatic heterocycles. The van der Waals surface area contributed by atoms with Crippen LogP contribution in [-0.2, 0) is 11.3 Å². The molecule has 2 heterocycles. The van der Waals surface area contributed by atoms with Crippen molar-refractivity contribution in [1.29, 1.82) is 0 Å². The van der Waals surface area contributed by atoms with Crippen molar-refractivity contribution in [2.75, 3.05) is 13.6 Å². The van der Waals surface area contributed by atoms with Crippen molar-refractivity contribution in [3.05, 3.63) is 46.7 Å². The normalized spacial score (nSPS) is 12.3. The van der Waals surface area contributed by atoms with Gasteiger partial charge in [-0.3, -0.25) is 9.69 Å². The van der Waals surface area contributed by atoms with Gasteiger partial charge in [-0.1, -0.05) is 6.07 Å². The van der Waals surface area contributed by atoms with Gasteiger partial charge in [-0.25, -0.2) is 9.97 Å². The van der Waals surface area contributed by atoms with E-state index in [1.165, 1.54) is 6.33 Å². The highest BCUT2D eigenvalue weighted by Crippen LogP contribution is 2.14. The van der Waals surface area contributed by atoms with Gasteiger partial charge in [0.2, 0.25) is 5.91 Å². The van der Waals surface area contributed by atoms with Crippen molar-refractivity contribution in [2.45, 2.75) is 19.5 Å². The number of thiophene rings is 1. The summed E-state index contributed by atoms with van der Waals surface area (Å²) in [6.07, 6.45) is 3.24. The van der Waals surface area contributed by atoms with Crippen LogP contribution < -0.4 is 5.32 Å². The lowest BCUT2D eigenvalue weighted by Crippen LogP contribution is -2.36. The molecule has 0 saturated heterocycles. The minimum atomic E-state index is 0.0156.